The maximum Gasteiger partial charge on any atom is 0.413 e. The first-order chi connectivity index (χ1) is 5.57. The van der Waals surface area contributed by atoms with Gasteiger partial charge in [-0.1, -0.05) is 20.8 Å². The van der Waals surface area contributed by atoms with Crippen molar-refractivity contribution in [1.29, 1.82) is 0 Å². The van der Waals surface area contributed by atoms with Crippen LogP contribution >= 0.6 is 0 Å². The van der Waals surface area contributed by atoms with Gasteiger partial charge < -0.3 is 10.3 Å². The van der Waals surface area contributed by atoms with Crippen molar-refractivity contribution in [1.82, 2.24) is 0 Å². The average Bonchev–Trinajstić information content (AvgIpc) is 2.00. The van der Waals surface area contributed by atoms with Crippen LogP contribution in [0.25, 0.3) is 5.53 Å². The number of rotatable bonds is 4. The van der Waals surface area contributed by atoms with Crippen LogP contribution in [0.1, 0.15) is 20.8 Å². The van der Waals surface area contributed by atoms with Crippen LogP contribution in [0.3, 0.4) is 0 Å². The van der Waals surface area contributed by atoms with Crippen LogP contribution in [0.5, 0.6) is 0 Å². The summed E-state index contributed by atoms with van der Waals surface area (Å²) in [5.41, 5.74) is 7.98. The number of hydrogen-bond acceptors (Lipinski definition) is 2. The molecule has 0 bridgehead atoms. The number of carbonyl (C=O) groups excluding carboxylic acids is 1. The monoisotopic (exact) mass is 170 g/mol. The molecule has 0 radical (unpaired) electrons. The minimum atomic E-state index is -0.606. The Morgan fingerprint density at radius 3 is 2.58 bits per heavy atom. The number of hydrogen-bond donors (Lipinski definition) is 0. The summed E-state index contributed by atoms with van der Waals surface area (Å²) in [7, 11) is 0. The normalized spacial score (nSPS) is 12.0. The molecular weight excluding hydrogens is 156 g/mol. The molecule has 1 unspecified atom stereocenters. The van der Waals surface area contributed by atoms with Crippen molar-refractivity contribution >= 4 is 12.2 Å². The van der Waals surface area contributed by atoms with Crippen LogP contribution in [0.4, 0.5) is 0 Å². The van der Waals surface area contributed by atoms with Crippen LogP contribution in [-0.2, 0) is 9.53 Å². The van der Waals surface area contributed by atoms with Crippen molar-refractivity contribution in [2.45, 2.75) is 20.8 Å². The van der Waals surface area contributed by atoms with Crippen LogP contribution in [0.15, 0.2) is 0 Å². The quantitative estimate of drug-likeness (QED) is 0.275. The highest BCUT2D eigenvalue weighted by molar-refractivity contribution is 6.20. The first kappa shape index (κ1) is 10.8. The lowest BCUT2D eigenvalue weighted by Gasteiger charge is -2.13. The first-order valence-electron chi connectivity index (χ1n) is 3.92. The summed E-state index contributed by atoms with van der Waals surface area (Å²) in [6.07, 6.45) is 0.743. The van der Waals surface area contributed by atoms with Gasteiger partial charge in [0.05, 0.1) is 6.61 Å². The summed E-state index contributed by atoms with van der Waals surface area (Å²) in [6.45, 7) is 6.47. The van der Waals surface area contributed by atoms with E-state index in [1.165, 1.54) is 0 Å². The Morgan fingerprint density at radius 2 is 2.17 bits per heavy atom. The first-order valence-corrected chi connectivity index (χ1v) is 3.92. The van der Waals surface area contributed by atoms with Crippen LogP contribution in [0, 0.1) is 11.8 Å². The van der Waals surface area contributed by atoms with Gasteiger partial charge in [-0.25, -0.2) is 4.79 Å². The maximum atomic E-state index is 10.6. The zero-order valence-corrected chi connectivity index (χ0v) is 7.65. The largest absolute Gasteiger partial charge is 0.457 e. The van der Waals surface area contributed by atoms with E-state index in [9.17, 15) is 4.79 Å². The molecule has 4 nitrogen and oxygen atoms in total. The minimum absolute atomic E-state index is 0.320. The van der Waals surface area contributed by atoms with E-state index in [-0.39, 0.29) is 0 Å². The molecule has 0 heterocycles. The number of esters is 1. The van der Waals surface area contributed by atoms with Crippen molar-refractivity contribution < 1.29 is 14.3 Å². The predicted octanol–water partition coefficient (Wildman–Crippen LogP) is 1.12. The van der Waals surface area contributed by atoms with E-state index in [0.29, 0.717) is 18.4 Å². The fraction of sp³-hybridized carbons (Fsp3) is 0.750. The van der Waals surface area contributed by atoms with Gasteiger partial charge in [0.1, 0.15) is 0 Å². The average molecular weight is 170 g/mol. The molecule has 12 heavy (non-hydrogen) atoms. The Bertz CT molecular complexity index is 195. The van der Waals surface area contributed by atoms with Crippen molar-refractivity contribution in [2.24, 2.45) is 11.8 Å². The molecule has 0 spiro atoms. The second kappa shape index (κ2) is 5.49. The Balaban J connectivity index is 3.68. The Morgan fingerprint density at radius 1 is 1.58 bits per heavy atom. The summed E-state index contributed by atoms with van der Waals surface area (Å²) in [5.74, 6) is 0.190. The van der Waals surface area contributed by atoms with Crippen molar-refractivity contribution in [2.75, 3.05) is 6.61 Å². The fourth-order valence-electron chi connectivity index (χ4n) is 0.490. The molecule has 1 atom stereocenters. The van der Waals surface area contributed by atoms with Gasteiger partial charge in [-0.2, -0.15) is 4.79 Å². The van der Waals surface area contributed by atoms with E-state index in [1.807, 2.05) is 6.92 Å². The van der Waals surface area contributed by atoms with E-state index >= 15 is 0 Å². The van der Waals surface area contributed by atoms with E-state index in [4.69, 9.17) is 10.3 Å². The SMILES string of the molecule is CC(C)C(C)COC(=O)C=[N+]=[N-]. The van der Waals surface area contributed by atoms with Gasteiger partial charge in [0.15, 0.2) is 0 Å². The van der Waals surface area contributed by atoms with Gasteiger partial charge in [0.2, 0.25) is 0 Å². The lowest BCUT2D eigenvalue weighted by atomic mass is 9.99. The molecule has 0 saturated heterocycles. The molecule has 0 aliphatic rings. The highest BCUT2D eigenvalue weighted by atomic mass is 16.5. The smallest absolute Gasteiger partial charge is 0.413 e. The fourth-order valence-corrected chi connectivity index (χ4v) is 0.490. The second-order valence-electron chi connectivity index (χ2n) is 3.10. The molecule has 0 aromatic heterocycles. The van der Waals surface area contributed by atoms with E-state index in [2.05, 4.69) is 18.6 Å². The van der Waals surface area contributed by atoms with Gasteiger partial charge in [0.25, 0.3) is 0 Å². The molecule has 0 rings (SSSR count). The zero-order chi connectivity index (χ0) is 9.56. The second-order valence-corrected chi connectivity index (χ2v) is 3.10. The molecule has 0 N–H and O–H groups in total. The maximum absolute atomic E-state index is 10.6. The summed E-state index contributed by atoms with van der Waals surface area (Å²) >= 11 is 0. The van der Waals surface area contributed by atoms with Crippen molar-refractivity contribution in [3.8, 4) is 0 Å². The Labute approximate surface area is 72.2 Å². The molecule has 0 aliphatic carbocycles. The summed E-state index contributed by atoms with van der Waals surface area (Å²) in [6, 6.07) is 0. The molecule has 68 valence electrons. The molecule has 0 fully saturated rings. The molecular formula is C8H14N2O2. The summed E-state index contributed by atoms with van der Waals surface area (Å²) < 4.78 is 4.76. The van der Waals surface area contributed by atoms with Gasteiger partial charge >= 0.3 is 12.2 Å². The van der Waals surface area contributed by atoms with Gasteiger partial charge in [0, 0.05) is 0 Å². The number of ether oxygens (including phenoxy) is 1. The highest BCUT2D eigenvalue weighted by Crippen LogP contribution is 2.09. The van der Waals surface area contributed by atoms with Crippen LogP contribution in [-0.4, -0.2) is 23.6 Å². The van der Waals surface area contributed by atoms with Gasteiger partial charge in [-0.05, 0) is 11.8 Å². The predicted molar refractivity (Wildman–Crippen MR) is 44.6 cm³/mol. The summed E-state index contributed by atoms with van der Waals surface area (Å²) in [4.78, 5) is 13.2. The molecule has 0 aromatic carbocycles. The standard InChI is InChI=1S/C8H14N2O2/c1-6(2)7(3)5-12-8(11)4-10-9/h4,6-7H,5H2,1-3H3. The lowest BCUT2D eigenvalue weighted by molar-refractivity contribution is -0.140. The van der Waals surface area contributed by atoms with Crippen molar-refractivity contribution in [3.63, 3.8) is 0 Å². The topological polar surface area (TPSA) is 62.7 Å². The van der Waals surface area contributed by atoms with Gasteiger partial charge in [-0.3, -0.25) is 0 Å². The lowest BCUT2D eigenvalue weighted by Crippen LogP contribution is -2.16. The van der Waals surface area contributed by atoms with E-state index in [0.717, 1.165) is 6.21 Å². The minimum Gasteiger partial charge on any atom is -0.457 e. The van der Waals surface area contributed by atoms with E-state index in [1.54, 1.807) is 0 Å². The molecule has 0 aromatic rings. The third-order valence-electron chi connectivity index (χ3n) is 1.79. The summed E-state index contributed by atoms with van der Waals surface area (Å²) in [5, 5.41) is 0. The molecule has 4 heteroatoms. The van der Waals surface area contributed by atoms with Crippen LogP contribution in [0.2, 0.25) is 0 Å². The third-order valence-corrected chi connectivity index (χ3v) is 1.79. The van der Waals surface area contributed by atoms with Crippen molar-refractivity contribution in [3.05, 3.63) is 5.53 Å². The molecule has 0 amide bonds. The molecule has 0 aliphatic heterocycles. The van der Waals surface area contributed by atoms with Crippen LogP contribution < -0.4 is 0 Å². The zero-order valence-electron chi connectivity index (χ0n) is 7.65. The number of nitrogens with zero attached hydrogens (tertiary/aromatic N) is 2. The van der Waals surface area contributed by atoms with Gasteiger partial charge in [-0.15, -0.1) is 0 Å². The number of carbonyl (C=O) groups is 1. The highest BCUT2D eigenvalue weighted by Gasteiger charge is 2.10. The Hall–Kier alpha value is -1.15. The van der Waals surface area contributed by atoms with E-state index < -0.39 is 5.97 Å². The molecule has 0 saturated carbocycles. The third kappa shape index (κ3) is 4.63. The Kier molecular flexibility index (Phi) is 4.97.